The molecule has 0 atom stereocenters. The molecule has 14 heavy (non-hydrogen) atoms. The minimum Gasteiger partial charge on any atom is -1.00 e. The van der Waals surface area contributed by atoms with Gasteiger partial charge in [0.1, 0.15) is 11.6 Å². The van der Waals surface area contributed by atoms with Crippen LogP contribution in [0.4, 0.5) is 11.6 Å². The summed E-state index contributed by atoms with van der Waals surface area (Å²) in [6.45, 7) is 3.07. The largest absolute Gasteiger partial charge is 1.00 e. The third-order valence-electron chi connectivity index (χ3n) is 2.06. The molecule has 2 heterocycles. The molecule has 0 aliphatic carbocycles. The second kappa shape index (κ2) is 4.99. The summed E-state index contributed by atoms with van der Waals surface area (Å²) in [6, 6.07) is 8.12. The van der Waals surface area contributed by atoms with Gasteiger partial charge in [-0.05, 0) is 31.2 Å². The van der Waals surface area contributed by atoms with Gasteiger partial charge >= 0.3 is 18.9 Å². The van der Waals surface area contributed by atoms with Crippen LogP contribution in [0.1, 0.15) is 8.35 Å². The number of H-pyrrole nitrogens is 2. The summed E-state index contributed by atoms with van der Waals surface area (Å²) in [5, 5.41) is 0. The fourth-order valence-corrected chi connectivity index (χ4v) is 1.45. The van der Waals surface area contributed by atoms with E-state index in [1.54, 1.807) is 0 Å². The first kappa shape index (κ1) is 11.0. The van der Waals surface area contributed by atoms with Crippen molar-refractivity contribution < 1.29 is 20.3 Å². The van der Waals surface area contributed by atoms with E-state index in [1.165, 1.54) is 0 Å². The van der Waals surface area contributed by atoms with Crippen LogP contribution < -0.4 is 23.8 Å². The van der Waals surface area contributed by atoms with Crippen molar-refractivity contribution in [1.29, 1.82) is 0 Å². The number of aromatic amines is 2. The molecule has 0 saturated heterocycles. The van der Waals surface area contributed by atoms with Crippen molar-refractivity contribution in [2.75, 3.05) is 11.4 Å². The number of hydrogen-bond donors (Lipinski definition) is 2. The van der Waals surface area contributed by atoms with Crippen LogP contribution in [-0.4, -0.2) is 16.5 Å². The Morgan fingerprint density at radius 3 is 1.93 bits per heavy atom. The number of rotatable bonds is 3. The first-order valence-electron chi connectivity index (χ1n) is 4.46. The molecule has 3 nitrogen and oxygen atoms in total. The summed E-state index contributed by atoms with van der Waals surface area (Å²) < 4.78 is 0. The maximum Gasteiger partial charge on any atom is 1.00 e. The summed E-state index contributed by atoms with van der Waals surface area (Å²) in [7, 11) is 0. The molecule has 0 aliphatic rings. The van der Waals surface area contributed by atoms with Gasteiger partial charge in [-0.3, -0.25) is 0 Å². The van der Waals surface area contributed by atoms with Gasteiger partial charge in [-0.15, -0.1) is 0 Å². The molecule has 0 spiro atoms. The second-order valence-electron chi connectivity index (χ2n) is 2.85. The van der Waals surface area contributed by atoms with Crippen LogP contribution in [0.15, 0.2) is 36.7 Å². The van der Waals surface area contributed by atoms with Gasteiger partial charge in [0, 0.05) is 18.9 Å². The Morgan fingerprint density at radius 1 is 1.14 bits per heavy atom. The molecule has 2 aromatic heterocycles. The number of anilines is 2. The van der Waals surface area contributed by atoms with E-state index >= 15 is 0 Å². The summed E-state index contributed by atoms with van der Waals surface area (Å²) in [5.41, 5.74) is 0. The van der Waals surface area contributed by atoms with Gasteiger partial charge in [-0.25, -0.2) is 0 Å². The summed E-state index contributed by atoms with van der Waals surface area (Å²) in [4.78, 5) is 8.55. The van der Waals surface area contributed by atoms with Crippen LogP contribution in [0.25, 0.3) is 0 Å². The standard InChI is InChI=1S/C10H13N3.Li.H/c1-2-13(9-5-3-7-11-9)10-6-4-8-12-10;;/h3-8,11-12H,2H2,1H3;;/q;+1;-1. The number of nitrogens with zero attached hydrogens (tertiary/aromatic N) is 1. The zero-order valence-electron chi connectivity index (χ0n) is 9.62. The van der Waals surface area contributed by atoms with Crippen molar-refractivity contribution in [1.82, 2.24) is 9.97 Å². The smallest absolute Gasteiger partial charge is 1.00 e. The van der Waals surface area contributed by atoms with Gasteiger partial charge in [-0.2, -0.15) is 0 Å². The molecule has 0 aliphatic heterocycles. The molecule has 70 valence electrons. The fourth-order valence-electron chi connectivity index (χ4n) is 1.45. The van der Waals surface area contributed by atoms with E-state index < -0.39 is 0 Å². The molecule has 0 bridgehead atoms. The van der Waals surface area contributed by atoms with E-state index in [2.05, 4.69) is 33.9 Å². The van der Waals surface area contributed by atoms with E-state index in [-0.39, 0.29) is 20.3 Å². The van der Waals surface area contributed by atoms with Crippen LogP contribution in [0.3, 0.4) is 0 Å². The van der Waals surface area contributed by atoms with Gasteiger partial charge in [0.2, 0.25) is 0 Å². The van der Waals surface area contributed by atoms with Crippen LogP contribution in [0, 0.1) is 0 Å². The topological polar surface area (TPSA) is 34.8 Å². The molecule has 2 N–H and O–H groups in total. The normalized spacial score (nSPS) is 9.50. The maximum absolute atomic E-state index is 3.18. The quantitative estimate of drug-likeness (QED) is 0.625. The molecule has 4 heteroatoms. The van der Waals surface area contributed by atoms with E-state index in [1.807, 2.05) is 24.5 Å². The van der Waals surface area contributed by atoms with Crippen LogP contribution in [-0.2, 0) is 0 Å². The maximum atomic E-state index is 3.18. The molecular weight excluding hydrogens is 169 g/mol. The first-order valence-corrected chi connectivity index (χ1v) is 4.46. The third kappa shape index (κ3) is 2.06. The zero-order chi connectivity index (χ0) is 9.10. The van der Waals surface area contributed by atoms with E-state index in [0.29, 0.717) is 0 Å². The van der Waals surface area contributed by atoms with E-state index in [9.17, 15) is 0 Å². The Kier molecular flexibility index (Phi) is 3.94. The van der Waals surface area contributed by atoms with Crippen molar-refractivity contribution in [2.24, 2.45) is 0 Å². The predicted octanol–water partition coefficient (Wildman–Crippen LogP) is -0.383. The number of nitrogens with one attached hydrogen (secondary N) is 2. The molecule has 0 saturated carbocycles. The second-order valence-corrected chi connectivity index (χ2v) is 2.85. The van der Waals surface area contributed by atoms with Crippen LogP contribution in [0.2, 0.25) is 0 Å². The zero-order valence-corrected chi connectivity index (χ0v) is 8.62. The Bertz CT molecular complexity index is 310. The van der Waals surface area contributed by atoms with Crippen molar-refractivity contribution >= 4 is 11.6 Å². The molecule has 0 aromatic carbocycles. The molecule has 0 unspecified atom stereocenters. The Hall–Kier alpha value is -1.04. The summed E-state index contributed by atoms with van der Waals surface area (Å²) in [5.74, 6) is 2.23. The minimum absolute atomic E-state index is 0. The molecular formula is C10H14LiN3. The van der Waals surface area contributed by atoms with Crippen molar-refractivity contribution in [2.45, 2.75) is 6.92 Å². The van der Waals surface area contributed by atoms with E-state index in [4.69, 9.17) is 0 Å². The van der Waals surface area contributed by atoms with Crippen LogP contribution >= 0.6 is 0 Å². The van der Waals surface area contributed by atoms with Gasteiger partial charge < -0.3 is 16.3 Å². The van der Waals surface area contributed by atoms with Gasteiger partial charge in [-0.1, -0.05) is 0 Å². The Balaban J connectivity index is 0.000000980. The molecule has 0 fully saturated rings. The van der Waals surface area contributed by atoms with Gasteiger partial charge in [0.25, 0.3) is 0 Å². The molecule has 0 amide bonds. The summed E-state index contributed by atoms with van der Waals surface area (Å²) >= 11 is 0. The van der Waals surface area contributed by atoms with Crippen LogP contribution in [0.5, 0.6) is 0 Å². The Morgan fingerprint density at radius 2 is 1.64 bits per heavy atom. The Labute approximate surface area is 97.2 Å². The molecule has 0 radical (unpaired) electrons. The van der Waals surface area contributed by atoms with Crippen molar-refractivity contribution in [3.8, 4) is 0 Å². The monoisotopic (exact) mass is 183 g/mol. The molecule has 2 rings (SSSR count). The fraction of sp³-hybridized carbons (Fsp3) is 0.200. The third-order valence-corrected chi connectivity index (χ3v) is 2.06. The van der Waals surface area contributed by atoms with Crippen molar-refractivity contribution in [3.05, 3.63) is 36.7 Å². The van der Waals surface area contributed by atoms with Gasteiger partial charge in [0.15, 0.2) is 0 Å². The molecule has 2 aromatic rings. The minimum atomic E-state index is 0. The number of hydrogen-bond acceptors (Lipinski definition) is 1. The number of aromatic nitrogens is 2. The van der Waals surface area contributed by atoms with E-state index in [0.717, 1.165) is 18.2 Å². The average molecular weight is 183 g/mol. The van der Waals surface area contributed by atoms with Gasteiger partial charge in [0.05, 0.1) is 0 Å². The SMILES string of the molecule is CCN(c1ccc[nH]1)c1ccc[nH]1.[H-].[Li+]. The first-order chi connectivity index (χ1) is 6.42. The summed E-state index contributed by atoms with van der Waals surface area (Å²) in [6.07, 6.45) is 3.86. The predicted molar refractivity (Wildman–Crippen MR) is 55.4 cm³/mol. The average Bonchev–Trinajstić information content (AvgIpc) is 2.76. The van der Waals surface area contributed by atoms with Crippen molar-refractivity contribution in [3.63, 3.8) is 0 Å².